The van der Waals surface area contributed by atoms with E-state index in [0.29, 0.717) is 5.56 Å². The van der Waals surface area contributed by atoms with Crippen molar-refractivity contribution in [3.05, 3.63) is 58.1 Å². The smallest absolute Gasteiger partial charge is 0.416 e. The Bertz CT molecular complexity index is 946. The fourth-order valence-corrected chi connectivity index (χ4v) is 2.91. The molecule has 3 aromatic rings. The number of carboxylic acids is 1. The Balaban J connectivity index is 2.05. The summed E-state index contributed by atoms with van der Waals surface area (Å²) in [6.45, 7) is 0. The molecule has 134 valence electrons. The molecule has 0 radical (unpaired) electrons. The molecule has 2 heterocycles. The third-order valence-electron chi connectivity index (χ3n) is 3.41. The van der Waals surface area contributed by atoms with Crippen molar-refractivity contribution in [2.24, 2.45) is 0 Å². The maximum Gasteiger partial charge on any atom is 0.416 e. The van der Waals surface area contributed by atoms with E-state index in [1.165, 1.54) is 29.5 Å². The third kappa shape index (κ3) is 3.99. The summed E-state index contributed by atoms with van der Waals surface area (Å²) in [5.74, 6) is -1.43. The number of carboxylic acid groups (broad SMARTS) is 1. The number of hydrogen-bond donors (Lipinski definition) is 0. The zero-order valence-electron chi connectivity index (χ0n) is 13.0. The Morgan fingerprint density at radius 1 is 1.27 bits per heavy atom. The number of carbonyl (C=O) groups is 1. The minimum Gasteiger partial charge on any atom is -0.550 e. The molecule has 26 heavy (non-hydrogen) atoms. The standard InChI is InChI=1S/C17H11F3N2O3S/c18-17(19,20)13-4-2-1-3-10(13)7-12(8-14(23)24)16-21-15(22-25-16)11-5-6-26-9-11/h1-7,9H,8H2,(H,23,24)/p-1/b12-7+. The van der Waals surface area contributed by atoms with E-state index in [9.17, 15) is 23.1 Å². The predicted octanol–water partition coefficient (Wildman–Crippen LogP) is 3.50. The van der Waals surface area contributed by atoms with Crippen molar-refractivity contribution in [2.75, 3.05) is 0 Å². The minimum atomic E-state index is -4.59. The van der Waals surface area contributed by atoms with E-state index < -0.39 is 24.1 Å². The van der Waals surface area contributed by atoms with Gasteiger partial charge in [-0.1, -0.05) is 23.4 Å². The van der Waals surface area contributed by atoms with Crippen molar-refractivity contribution in [3.8, 4) is 11.4 Å². The molecule has 0 saturated heterocycles. The summed E-state index contributed by atoms with van der Waals surface area (Å²) >= 11 is 1.40. The first-order valence-electron chi connectivity index (χ1n) is 7.28. The minimum absolute atomic E-state index is 0.0734. The average molecular weight is 379 g/mol. The van der Waals surface area contributed by atoms with Gasteiger partial charge < -0.3 is 14.4 Å². The quantitative estimate of drug-likeness (QED) is 0.678. The fraction of sp³-hybridized carbons (Fsp3) is 0.118. The van der Waals surface area contributed by atoms with Crippen LogP contribution in [0.25, 0.3) is 23.0 Å². The molecule has 0 aliphatic rings. The Kier molecular flexibility index (Phi) is 4.90. The molecule has 0 aliphatic carbocycles. The summed E-state index contributed by atoms with van der Waals surface area (Å²) in [6.07, 6.45) is -4.18. The Hall–Kier alpha value is -2.94. The first-order valence-corrected chi connectivity index (χ1v) is 8.22. The zero-order valence-corrected chi connectivity index (χ0v) is 13.8. The van der Waals surface area contributed by atoms with Crippen molar-refractivity contribution >= 4 is 29.0 Å². The summed E-state index contributed by atoms with van der Waals surface area (Å²) in [4.78, 5) is 15.1. The maximum absolute atomic E-state index is 13.1. The van der Waals surface area contributed by atoms with Gasteiger partial charge >= 0.3 is 6.18 Å². The van der Waals surface area contributed by atoms with Crippen LogP contribution in [-0.4, -0.2) is 16.1 Å². The van der Waals surface area contributed by atoms with Crippen LogP contribution in [0.4, 0.5) is 13.2 Å². The first kappa shape index (κ1) is 17.9. The van der Waals surface area contributed by atoms with Gasteiger partial charge in [0.25, 0.3) is 5.89 Å². The number of nitrogens with zero attached hydrogens (tertiary/aromatic N) is 2. The van der Waals surface area contributed by atoms with Gasteiger partial charge in [-0.25, -0.2) is 0 Å². The van der Waals surface area contributed by atoms with Crippen molar-refractivity contribution in [1.82, 2.24) is 10.1 Å². The number of aliphatic carboxylic acids is 1. The van der Waals surface area contributed by atoms with Gasteiger partial charge in [-0.3, -0.25) is 0 Å². The summed E-state index contributed by atoms with van der Waals surface area (Å²) in [5.41, 5.74) is -0.510. The molecule has 0 aliphatic heterocycles. The van der Waals surface area contributed by atoms with Crippen LogP contribution in [-0.2, 0) is 11.0 Å². The molecule has 5 nitrogen and oxygen atoms in total. The van der Waals surface area contributed by atoms with Crippen molar-refractivity contribution < 1.29 is 27.6 Å². The molecular formula is C17H10F3N2O3S-. The van der Waals surface area contributed by atoms with E-state index in [1.54, 1.807) is 16.8 Å². The van der Waals surface area contributed by atoms with Gasteiger partial charge in [0.2, 0.25) is 5.82 Å². The largest absolute Gasteiger partial charge is 0.550 e. The number of halogens is 3. The van der Waals surface area contributed by atoms with E-state index in [0.717, 1.165) is 12.1 Å². The first-order chi connectivity index (χ1) is 12.3. The average Bonchev–Trinajstić information content (AvgIpc) is 3.25. The summed E-state index contributed by atoms with van der Waals surface area (Å²) < 4.78 is 44.5. The highest BCUT2D eigenvalue weighted by Crippen LogP contribution is 2.34. The normalized spacial score (nSPS) is 12.3. The number of rotatable bonds is 5. The van der Waals surface area contributed by atoms with Gasteiger partial charge in [0.1, 0.15) is 0 Å². The number of aromatic nitrogens is 2. The molecule has 0 spiro atoms. The molecule has 1 aromatic carbocycles. The maximum atomic E-state index is 13.1. The SMILES string of the molecule is O=C([O-])C/C(=C\c1ccccc1C(F)(F)F)c1nc(-c2ccsc2)no1. The molecule has 0 fully saturated rings. The summed E-state index contributed by atoms with van der Waals surface area (Å²) in [5, 5.41) is 18.3. The molecule has 0 unspecified atom stereocenters. The second-order valence-corrected chi connectivity index (χ2v) is 6.02. The Labute approximate surface area is 149 Å². The Morgan fingerprint density at radius 2 is 2.04 bits per heavy atom. The predicted molar refractivity (Wildman–Crippen MR) is 86.6 cm³/mol. The van der Waals surface area contributed by atoms with Gasteiger partial charge in [-0.2, -0.15) is 29.5 Å². The van der Waals surface area contributed by atoms with Crippen LogP contribution in [0.1, 0.15) is 23.4 Å². The van der Waals surface area contributed by atoms with Gasteiger partial charge in [0, 0.05) is 28.9 Å². The number of benzene rings is 1. The number of alkyl halides is 3. The van der Waals surface area contributed by atoms with Crippen LogP contribution in [0.3, 0.4) is 0 Å². The van der Waals surface area contributed by atoms with E-state index >= 15 is 0 Å². The lowest BCUT2D eigenvalue weighted by molar-refractivity contribution is -0.304. The highest BCUT2D eigenvalue weighted by atomic mass is 32.1. The Morgan fingerprint density at radius 3 is 2.69 bits per heavy atom. The van der Waals surface area contributed by atoms with Crippen molar-refractivity contribution in [1.29, 1.82) is 0 Å². The number of thiophene rings is 1. The molecule has 9 heteroatoms. The highest BCUT2D eigenvalue weighted by Gasteiger charge is 2.32. The van der Waals surface area contributed by atoms with Crippen molar-refractivity contribution in [2.45, 2.75) is 12.6 Å². The molecule has 0 amide bonds. The van der Waals surface area contributed by atoms with Crippen molar-refractivity contribution in [3.63, 3.8) is 0 Å². The van der Waals surface area contributed by atoms with E-state index in [2.05, 4.69) is 10.1 Å². The molecular weight excluding hydrogens is 369 g/mol. The molecule has 0 N–H and O–H groups in total. The van der Waals surface area contributed by atoms with Gasteiger partial charge in [0.05, 0.1) is 5.56 Å². The molecule has 3 rings (SSSR count). The van der Waals surface area contributed by atoms with E-state index in [4.69, 9.17) is 4.52 Å². The van der Waals surface area contributed by atoms with Gasteiger partial charge in [-0.15, -0.1) is 0 Å². The second kappa shape index (κ2) is 7.12. The van der Waals surface area contributed by atoms with Crippen LogP contribution >= 0.6 is 11.3 Å². The summed E-state index contributed by atoms with van der Waals surface area (Å²) in [7, 11) is 0. The van der Waals surface area contributed by atoms with E-state index in [-0.39, 0.29) is 22.9 Å². The zero-order chi connectivity index (χ0) is 18.7. The van der Waals surface area contributed by atoms with Crippen LogP contribution in [0, 0.1) is 0 Å². The monoisotopic (exact) mass is 379 g/mol. The number of hydrogen-bond acceptors (Lipinski definition) is 6. The van der Waals surface area contributed by atoms with Crippen LogP contribution in [0.2, 0.25) is 0 Å². The lowest BCUT2D eigenvalue weighted by Crippen LogP contribution is -2.22. The fourth-order valence-electron chi connectivity index (χ4n) is 2.28. The van der Waals surface area contributed by atoms with Gasteiger partial charge in [0.15, 0.2) is 0 Å². The molecule has 0 atom stereocenters. The topological polar surface area (TPSA) is 79.0 Å². The van der Waals surface area contributed by atoms with Crippen LogP contribution in [0.15, 0.2) is 45.6 Å². The molecule has 0 bridgehead atoms. The lowest BCUT2D eigenvalue weighted by atomic mass is 10.0. The highest BCUT2D eigenvalue weighted by molar-refractivity contribution is 7.08. The van der Waals surface area contributed by atoms with E-state index in [1.807, 2.05) is 0 Å². The molecule has 2 aromatic heterocycles. The van der Waals surface area contributed by atoms with Crippen LogP contribution < -0.4 is 5.11 Å². The van der Waals surface area contributed by atoms with Crippen LogP contribution in [0.5, 0.6) is 0 Å². The third-order valence-corrected chi connectivity index (χ3v) is 4.09. The number of carbonyl (C=O) groups excluding carboxylic acids is 1. The van der Waals surface area contributed by atoms with Gasteiger partial charge in [-0.05, 0) is 29.2 Å². The summed E-state index contributed by atoms with van der Waals surface area (Å²) in [6, 6.07) is 6.55. The lowest BCUT2D eigenvalue weighted by Gasteiger charge is -2.11. The second-order valence-electron chi connectivity index (χ2n) is 5.24. The molecule has 0 saturated carbocycles.